The summed E-state index contributed by atoms with van der Waals surface area (Å²) in [5, 5.41) is 3.86. The number of carbonyl (C=O) groups is 2. The summed E-state index contributed by atoms with van der Waals surface area (Å²) in [6.07, 6.45) is 6.15. The molecule has 1 saturated carbocycles. The van der Waals surface area contributed by atoms with Gasteiger partial charge in [-0.15, -0.1) is 0 Å². The number of carbonyl (C=O) groups excluding carboxylic acids is 2. The fourth-order valence-corrected chi connectivity index (χ4v) is 4.01. The molecule has 0 aliphatic heterocycles. The monoisotopic (exact) mass is 429 g/mol. The largest absolute Gasteiger partial charge is 0.453 e. The van der Waals surface area contributed by atoms with Crippen molar-refractivity contribution in [2.45, 2.75) is 77.6 Å². The highest BCUT2D eigenvalue weighted by molar-refractivity contribution is 5.84. The zero-order valence-corrected chi connectivity index (χ0v) is 19.1. The van der Waals surface area contributed by atoms with Crippen molar-refractivity contribution in [1.29, 1.82) is 0 Å². The maximum absolute atomic E-state index is 13.0. The van der Waals surface area contributed by atoms with Gasteiger partial charge in [-0.2, -0.15) is 0 Å². The first-order valence-electron chi connectivity index (χ1n) is 11.2. The van der Waals surface area contributed by atoms with Gasteiger partial charge in [0.1, 0.15) is 5.60 Å². The van der Waals surface area contributed by atoms with Gasteiger partial charge in [0.25, 0.3) is 0 Å². The number of rotatable bonds is 10. The summed E-state index contributed by atoms with van der Waals surface area (Å²) < 4.78 is 12.7. The second-order valence-electron chi connectivity index (χ2n) is 8.87. The Morgan fingerprint density at radius 2 is 2.00 bits per heavy atom. The number of hydrogen-bond acceptors (Lipinski definition) is 4. The Kier molecular flexibility index (Phi) is 7.46. The van der Waals surface area contributed by atoms with Gasteiger partial charge in [-0.1, -0.05) is 31.5 Å². The SMILES string of the molecule is CCCC(C)(C)OC(=O)N(Cc1cn(CCCNC(=O)OC)c2ccccc12)C1CC1. The number of benzene rings is 1. The summed E-state index contributed by atoms with van der Waals surface area (Å²) in [5.41, 5.74) is 1.79. The van der Waals surface area contributed by atoms with E-state index in [4.69, 9.17) is 4.74 Å². The maximum atomic E-state index is 13.0. The van der Waals surface area contributed by atoms with E-state index in [0.29, 0.717) is 13.1 Å². The zero-order chi connectivity index (χ0) is 22.4. The molecular formula is C24H35N3O4. The van der Waals surface area contributed by atoms with E-state index in [2.05, 4.69) is 39.9 Å². The number of para-hydroxylation sites is 1. The Balaban J connectivity index is 1.73. The van der Waals surface area contributed by atoms with Crippen LogP contribution in [0.2, 0.25) is 0 Å². The Morgan fingerprint density at radius 3 is 2.68 bits per heavy atom. The van der Waals surface area contributed by atoms with E-state index in [1.807, 2.05) is 30.9 Å². The number of fused-ring (bicyclic) bond motifs is 1. The first kappa shape index (κ1) is 23.0. The van der Waals surface area contributed by atoms with Crippen LogP contribution in [0.25, 0.3) is 10.9 Å². The minimum atomic E-state index is -0.459. The van der Waals surface area contributed by atoms with Crippen LogP contribution in [0.5, 0.6) is 0 Å². The average Bonchev–Trinajstić information content (AvgIpc) is 3.51. The lowest BCUT2D eigenvalue weighted by Crippen LogP contribution is -2.39. The van der Waals surface area contributed by atoms with Crippen LogP contribution in [0.4, 0.5) is 9.59 Å². The van der Waals surface area contributed by atoms with Crippen molar-refractivity contribution >= 4 is 23.1 Å². The summed E-state index contributed by atoms with van der Waals surface area (Å²) in [6, 6.07) is 8.51. The quantitative estimate of drug-likeness (QED) is 0.535. The van der Waals surface area contributed by atoms with Crippen LogP contribution >= 0.6 is 0 Å². The molecule has 0 bridgehead atoms. The summed E-state index contributed by atoms with van der Waals surface area (Å²) in [7, 11) is 1.36. The normalized spacial score (nSPS) is 13.8. The molecule has 0 spiro atoms. The van der Waals surface area contributed by atoms with Gasteiger partial charge < -0.3 is 24.3 Å². The first-order valence-corrected chi connectivity index (χ1v) is 11.2. The molecule has 3 rings (SSSR count). The molecule has 7 heteroatoms. The molecule has 0 saturated heterocycles. The van der Waals surface area contributed by atoms with Gasteiger partial charge >= 0.3 is 12.2 Å². The number of amides is 2. The highest BCUT2D eigenvalue weighted by Gasteiger charge is 2.36. The molecule has 1 heterocycles. The minimum Gasteiger partial charge on any atom is -0.453 e. The van der Waals surface area contributed by atoms with E-state index in [-0.39, 0.29) is 12.1 Å². The third-order valence-electron chi connectivity index (χ3n) is 5.68. The number of aromatic nitrogens is 1. The second-order valence-corrected chi connectivity index (χ2v) is 8.87. The van der Waals surface area contributed by atoms with Crippen molar-refractivity contribution in [1.82, 2.24) is 14.8 Å². The van der Waals surface area contributed by atoms with Crippen LogP contribution in [-0.4, -0.2) is 47.0 Å². The van der Waals surface area contributed by atoms with E-state index >= 15 is 0 Å². The molecule has 1 N–H and O–H groups in total. The smallest absolute Gasteiger partial charge is 0.410 e. The van der Waals surface area contributed by atoms with E-state index in [1.54, 1.807) is 0 Å². The Labute approximate surface area is 184 Å². The fourth-order valence-electron chi connectivity index (χ4n) is 4.01. The average molecular weight is 430 g/mol. The lowest BCUT2D eigenvalue weighted by atomic mass is 10.0. The van der Waals surface area contributed by atoms with E-state index < -0.39 is 11.7 Å². The fraction of sp³-hybridized carbons (Fsp3) is 0.583. The van der Waals surface area contributed by atoms with Crippen LogP contribution in [0.1, 0.15) is 58.4 Å². The molecular weight excluding hydrogens is 394 g/mol. The van der Waals surface area contributed by atoms with Gasteiger partial charge in [0.15, 0.2) is 0 Å². The van der Waals surface area contributed by atoms with Gasteiger partial charge in [0.05, 0.1) is 13.7 Å². The van der Waals surface area contributed by atoms with Crippen LogP contribution in [0.3, 0.4) is 0 Å². The summed E-state index contributed by atoms with van der Waals surface area (Å²) in [6.45, 7) is 7.91. The number of nitrogens with zero attached hydrogens (tertiary/aromatic N) is 2. The topological polar surface area (TPSA) is 72.8 Å². The molecule has 2 aromatic rings. The van der Waals surface area contributed by atoms with Gasteiger partial charge in [-0.05, 0) is 51.2 Å². The molecule has 31 heavy (non-hydrogen) atoms. The number of methoxy groups -OCH3 is 1. The molecule has 170 valence electrons. The summed E-state index contributed by atoms with van der Waals surface area (Å²) in [5.74, 6) is 0. The number of ether oxygens (including phenoxy) is 2. The number of alkyl carbamates (subject to hydrolysis) is 1. The number of nitrogens with one attached hydrogen (secondary N) is 1. The Bertz CT molecular complexity index is 901. The van der Waals surface area contributed by atoms with Crippen LogP contribution in [0, 0.1) is 0 Å². The third kappa shape index (κ3) is 6.15. The number of aryl methyl sites for hydroxylation is 1. The molecule has 0 radical (unpaired) electrons. The van der Waals surface area contributed by atoms with E-state index in [1.165, 1.54) is 7.11 Å². The van der Waals surface area contributed by atoms with Crippen LogP contribution < -0.4 is 5.32 Å². The lowest BCUT2D eigenvalue weighted by Gasteiger charge is -2.29. The zero-order valence-electron chi connectivity index (χ0n) is 19.1. The minimum absolute atomic E-state index is 0.222. The molecule has 1 aliphatic carbocycles. The number of hydrogen-bond donors (Lipinski definition) is 1. The van der Waals surface area contributed by atoms with Crippen molar-refractivity contribution in [3.63, 3.8) is 0 Å². The highest BCUT2D eigenvalue weighted by Crippen LogP contribution is 2.32. The van der Waals surface area contributed by atoms with Crippen molar-refractivity contribution in [2.75, 3.05) is 13.7 Å². The van der Waals surface area contributed by atoms with Gasteiger partial charge in [-0.3, -0.25) is 0 Å². The summed E-state index contributed by atoms with van der Waals surface area (Å²) in [4.78, 5) is 26.1. The molecule has 0 unspecified atom stereocenters. The predicted molar refractivity (Wildman–Crippen MR) is 121 cm³/mol. The standard InChI is InChI=1S/C24H35N3O4/c1-5-13-24(2,3)31-23(29)27(19-11-12-19)17-18-16-26(15-8-14-25-22(28)30-4)21-10-7-6-9-20(18)21/h6-7,9-10,16,19H,5,8,11-15,17H2,1-4H3,(H,25,28). The van der Waals surface area contributed by atoms with Crippen molar-refractivity contribution in [2.24, 2.45) is 0 Å². The second kappa shape index (κ2) is 10.1. The molecule has 1 aromatic carbocycles. The summed E-state index contributed by atoms with van der Waals surface area (Å²) >= 11 is 0. The molecule has 1 aromatic heterocycles. The Hall–Kier alpha value is -2.70. The first-order chi connectivity index (χ1) is 14.8. The van der Waals surface area contributed by atoms with Gasteiger partial charge in [-0.25, -0.2) is 9.59 Å². The van der Waals surface area contributed by atoms with Crippen molar-refractivity contribution in [3.05, 3.63) is 36.0 Å². The molecule has 1 fully saturated rings. The molecule has 7 nitrogen and oxygen atoms in total. The molecule has 2 amide bonds. The third-order valence-corrected chi connectivity index (χ3v) is 5.68. The van der Waals surface area contributed by atoms with Gasteiger partial charge in [0.2, 0.25) is 0 Å². The van der Waals surface area contributed by atoms with E-state index in [0.717, 1.165) is 55.1 Å². The lowest BCUT2D eigenvalue weighted by molar-refractivity contribution is 0.00528. The molecule has 0 atom stereocenters. The molecule has 1 aliphatic rings. The van der Waals surface area contributed by atoms with Gasteiger partial charge in [0, 0.05) is 36.2 Å². The van der Waals surface area contributed by atoms with Crippen molar-refractivity contribution in [3.8, 4) is 0 Å². The van der Waals surface area contributed by atoms with Crippen LogP contribution in [-0.2, 0) is 22.6 Å². The van der Waals surface area contributed by atoms with Crippen molar-refractivity contribution < 1.29 is 19.1 Å². The maximum Gasteiger partial charge on any atom is 0.410 e. The Morgan fingerprint density at radius 1 is 1.26 bits per heavy atom. The predicted octanol–water partition coefficient (Wildman–Crippen LogP) is 5.07. The highest BCUT2D eigenvalue weighted by atomic mass is 16.6. The van der Waals surface area contributed by atoms with Crippen LogP contribution in [0.15, 0.2) is 30.5 Å². The van der Waals surface area contributed by atoms with E-state index in [9.17, 15) is 9.59 Å².